The van der Waals surface area contributed by atoms with Crippen LogP contribution in [0.25, 0.3) is 0 Å². The van der Waals surface area contributed by atoms with E-state index in [1.807, 2.05) is 0 Å². The Kier molecular flexibility index (Phi) is 5.68. The van der Waals surface area contributed by atoms with Gasteiger partial charge >= 0.3 is 0 Å². The zero-order valence-electron chi connectivity index (χ0n) is 15.3. The van der Waals surface area contributed by atoms with Gasteiger partial charge in [0.15, 0.2) is 0 Å². The van der Waals surface area contributed by atoms with Gasteiger partial charge in [0.25, 0.3) is 0 Å². The Hall–Kier alpha value is -2.66. The number of nitrogens with zero attached hydrogens (tertiary/aromatic N) is 1. The molecule has 5 heteroatoms. The molecular weight excluding hydrogens is 326 g/mol. The van der Waals surface area contributed by atoms with Gasteiger partial charge in [0.1, 0.15) is 0 Å². The first-order valence-corrected chi connectivity index (χ1v) is 9.00. The fourth-order valence-corrected chi connectivity index (χ4v) is 3.55. The first-order valence-electron chi connectivity index (χ1n) is 9.00. The summed E-state index contributed by atoms with van der Waals surface area (Å²) in [6.45, 7) is 4.92. The van der Waals surface area contributed by atoms with Gasteiger partial charge in [0, 0.05) is 24.3 Å². The van der Waals surface area contributed by atoms with Gasteiger partial charge in [-0.15, -0.1) is 0 Å². The molecule has 0 aliphatic carbocycles. The Morgan fingerprint density at radius 2 is 1.69 bits per heavy atom. The second kappa shape index (κ2) is 8.15. The highest BCUT2D eigenvalue weighted by atomic mass is 16.2. The van der Waals surface area contributed by atoms with Crippen molar-refractivity contribution in [3.63, 3.8) is 0 Å². The summed E-state index contributed by atoms with van der Waals surface area (Å²) in [6, 6.07) is 15.9. The van der Waals surface area contributed by atoms with E-state index in [-0.39, 0.29) is 11.8 Å². The van der Waals surface area contributed by atoms with E-state index in [0.717, 1.165) is 30.8 Å². The molecule has 1 aliphatic heterocycles. The molecule has 0 radical (unpaired) electrons. The van der Waals surface area contributed by atoms with E-state index in [1.54, 1.807) is 24.3 Å². The van der Waals surface area contributed by atoms with Gasteiger partial charge in [0.2, 0.25) is 11.8 Å². The SMILES string of the molecule is CC(=O)Nc1ccc(NC(=O)CN2CCCC2c2ccccc2C)cc1. The van der Waals surface area contributed by atoms with Crippen molar-refractivity contribution in [3.8, 4) is 0 Å². The molecule has 2 aromatic carbocycles. The minimum absolute atomic E-state index is 0.0160. The molecule has 136 valence electrons. The fourth-order valence-electron chi connectivity index (χ4n) is 3.55. The van der Waals surface area contributed by atoms with E-state index in [4.69, 9.17) is 0 Å². The number of hydrogen-bond acceptors (Lipinski definition) is 3. The Morgan fingerprint density at radius 1 is 1.04 bits per heavy atom. The van der Waals surface area contributed by atoms with Crippen LogP contribution in [-0.4, -0.2) is 29.8 Å². The molecule has 3 rings (SSSR count). The van der Waals surface area contributed by atoms with Crippen LogP contribution < -0.4 is 10.6 Å². The smallest absolute Gasteiger partial charge is 0.238 e. The van der Waals surface area contributed by atoms with Crippen LogP contribution in [0, 0.1) is 6.92 Å². The van der Waals surface area contributed by atoms with Gasteiger partial charge in [-0.1, -0.05) is 24.3 Å². The standard InChI is InChI=1S/C21H25N3O2/c1-15-6-3-4-7-19(15)20-8-5-13-24(20)14-21(26)23-18-11-9-17(10-12-18)22-16(2)25/h3-4,6-7,9-12,20H,5,8,13-14H2,1-2H3,(H,22,25)(H,23,26). The van der Waals surface area contributed by atoms with Crippen LogP contribution in [0.3, 0.4) is 0 Å². The number of carbonyl (C=O) groups excluding carboxylic acids is 2. The molecule has 0 aromatic heterocycles. The maximum Gasteiger partial charge on any atom is 0.238 e. The quantitative estimate of drug-likeness (QED) is 0.863. The summed E-state index contributed by atoms with van der Waals surface area (Å²) in [5.41, 5.74) is 4.04. The summed E-state index contributed by atoms with van der Waals surface area (Å²) >= 11 is 0. The molecule has 2 amide bonds. The van der Waals surface area contributed by atoms with Crippen LogP contribution >= 0.6 is 0 Å². The van der Waals surface area contributed by atoms with Gasteiger partial charge in [-0.25, -0.2) is 0 Å². The third-order valence-electron chi connectivity index (χ3n) is 4.75. The normalized spacial score (nSPS) is 17.1. The van der Waals surface area contributed by atoms with E-state index in [2.05, 4.69) is 46.7 Å². The van der Waals surface area contributed by atoms with Crippen molar-refractivity contribution in [2.24, 2.45) is 0 Å². The Morgan fingerprint density at radius 3 is 2.35 bits per heavy atom. The van der Waals surface area contributed by atoms with E-state index in [9.17, 15) is 9.59 Å². The molecule has 2 N–H and O–H groups in total. The highest BCUT2D eigenvalue weighted by Crippen LogP contribution is 2.33. The number of amides is 2. The van der Waals surface area contributed by atoms with Crippen molar-refractivity contribution in [2.75, 3.05) is 23.7 Å². The summed E-state index contributed by atoms with van der Waals surface area (Å²) in [6.07, 6.45) is 2.20. The molecule has 1 unspecified atom stereocenters. The van der Waals surface area contributed by atoms with Crippen molar-refractivity contribution in [1.82, 2.24) is 4.90 Å². The molecule has 1 fully saturated rings. The first kappa shape index (κ1) is 18.1. The number of aryl methyl sites for hydroxylation is 1. The van der Waals surface area contributed by atoms with Crippen LogP contribution in [-0.2, 0) is 9.59 Å². The van der Waals surface area contributed by atoms with Gasteiger partial charge < -0.3 is 10.6 Å². The zero-order chi connectivity index (χ0) is 18.5. The minimum Gasteiger partial charge on any atom is -0.326 e. The lowest BCUT2D eigenvalue weighted by molar-refractivity contribution is -0.117. The van der Waals surface area contributed by atoms with Crippen molar-refractivity contribution >= 4 is 23.2 Å². The number of rotatable bonds is 5. The average molecular weight is 351 g/mol. The highest BCUT2D eigenvalue weighted by Gasteiger charge is 2.28. The summed E-state index contributed by atoms with van der Waals surface area (Å²) in [4.78, 5) is 25.8. The number of likely N-dealkylation sites (tertiary alicyclic amines) is 1. The van der Waals surface area contributed by atoms with Crippen molar-refractivity contribution < 1.29 is 9.59 Å². The largest absolute Gasteiger partial charge is 0.326 e. The van der Waals surface area contributed by atoms with Crippen LogP contribution in [0.2, 0.25) is 0 Å². The lowest BCUT2D eigenvalue weighted by Crippen LogP contribution is -2.33. The number of benzene rings is 2. The lowest BCUT2D eigenvalue weighted by Gasteiger charge is -2.25. The molecule has 1 saturated heterocycles. The molecule has 0 spiro atoms. The summed E-state index contributed by atoms with van der Waals surface area (Å²) in [5, 5.41) is 5.66. The second-order valence-corrected chi connectivity index (χ2v) is 6.79. The van der Waals surface area contributed by atoms with E-state index >= 15 is 0 Å². The molecule has 2 aromatic rings. The van der Waals surface area contributed by atoms with Crippen LogP contribution in [0.5, 0.6) is 0 Å². The summed E-state index contributed by atoms with van der Waals surface area (Å²) in [5.74, 6) is -0.129. The number of nitrogens with one attached hydrogen (secondary N) is 2. The first-order chi connectivity index (χ1) is 12.5. The molecule has 0 bridgehead atoms. The molecular formula is C21H25N3O2. The van der Waals surface area contributed by atoms with Gasteiger partial charge in [-0.2, -0.15) is 0 Å². The zero-order valence-corrected chi connectivity index (χ0v) is 15.3. The molecule has 5 nitrogen and oxygen atoms in total. The Balaban J connectivity index is 1.60. The van der Waals surface area contributed by atoms with Crippen molar-refractivity contribution in [1.29, 1.82) is 0 Å². The fraction of sp³-hybridized carbons (Fsp3) is 0.333. The minimum atomic E-state index is -0.113. The molecule has 26 heavy (non-hydrogen) atoms. The summed E-state index contributed by atoms with van der Waals surface area (Å²) in [7, 11) is 0. The van der Waals surface area contributed by atoms with Gasteiger partial charge in [0.05, 0.1) is 6.54 Å². The van der Waals surface area contributed by atoms with E-state index in [1.165, 1.54) is 18.1 Å². The van der Waals surface area contributed by atoms with Crippen LogP contribution in [0.15, 0.2) is 48.5 Å². The molecule has 1 atom stereocenters. The number of anilines is 2. The second-order valence-electron chi connectivity index (χ2n) is 6.79. The Bertz CT molecular complexity index is 786. The van der Waals surface area contributed by atoms with Gasteiger partial charge in [-0.3, -0.25) is 14.5 Å². The third-order valence-corrected chi connectivity index (χ3v) is 4.75. The van der Waals surface area contributed by atoms with Crippen molar-refractivity contribution in [3.05, 3.63) is 59.7 Å². The Labute approximate surface area is 154 Å². The van der Waals surface area contributed by atoms with E-state index in [0.29, 0.717) is 12.6 Å². The lowest BCUT2D eigenvalue weighted by atomic mass is 9.99. The molecule has 1 heterocycles. The predicted octanol–water partition coefficient (Wildman–Crippen LogP) is 3.73. The van der Waals surface area contributed by atoms with Gasteiger partial charge in [-0.05, 0) is 61.7 Å². The predicted molar refractivity (Wildman–Crippen MR) is 104 cm³/mol. The van der Waals surface area contributed by atoms with E-state index < -0.39 is 0 Å². The number of hydrogen-bond donors (Lipinski definition) is 2. The van der Waals surface area contributed by atoms with Crippen LogP contribution in [0.1, 0.15) is 36.9 Å². The van der Waals surface area contributed by atoms with Crippen molar-refractivity contribution in [2.45, 2.75) is 32.7 Å². The third kappa shape index (κ3) is 4.49. The molecule has 1 aliphatic rings. The summed E-state index contributed by atoms with van der Waals surface area (Å²) < 4.78 is 0. The number of carbonyl (C=O) groups is 2. The molecule has 0 saturated carbocycles. The highest BCUT2D eigenvalue weighted by molar-refractivity contribution is 5.93. The maximum absolute atomic E-state index is 12.5. The monoisotopic (exact) mass is 351 g/mol. The maximum atomic E-state index is 12.5. The van der Waals surface area contributed by atoms with Crippen LogP contribution in [0.4, 0.5) is 11.4 Å². The average Bonchev–Trinajstić information content (AvgIpc) is 3.04. The topological polar surface area (TPSA) is 61.4 Å².